The summed E-state index contributed by atoms with van der Waals surface area (Å²) in [6, 6.07) is 0. The molecule has 0 radical (unpaired) electrons. The highest BCUT2D eigenvalue weighted by Crippen LogP contribution is 2.41. The van der Waals surface area contributed by atoms with E-state index in [0.29, 0.717) is 0 Å². The van der Waals surface area contributed by atoms with Gasteiger partial charge in [-0.05, 0) is 0 Å². The average molecular weight is 378 g/mol. The molecule has 3 heterocycles. The number of nitrogens with zero attached hydrogens (tertiary/aromatic N) is 4. The molecule has 0 amide bonds. The monoisotopic (exact) mass is 378 g/mol. The lowest BCUT2D eigenvalue weighted by molar-refractivity contribution is -0.161. The number of phosphoric ester groups is 1. The normalized spacial score (nSPS) is 28.5. The molecule has 138 valence electrons. The number of aromatic nitrogens is 4. The van der Waals surface area contributed by atoms with Crippen LogP contribution in [0.15, 0.2) is 6.33 Å². The van der Waals surface area contributed by atoms with E-state index in [1.807, 2.05) is 0 Å². The van der Waals surface area contributed by atoms with E-state index in [9.17, 15) is 19.9 Å². The number of nitrogens with two attached hydrogens (primary N) is 2. The van der Waals surface area contributed by atoms with E-state index >= 15 is 0 Å². The van der Waals surface area contributed by atoms with Crippen molar-refractivity contribution >= 4 is 30.8 Å². The number of imidazole rings is 1. The standard InChI is InChI=1S/C10H15N6O8P/c11-6-2-7(15-10(12)14-6)16(1-13-2)8-4(18)3(17)5(23-8)9(19)24-25(20,21)22/h1,3-5,8-9,17-19H,(H2,20,21,22)(H4,11,12,14,15)/t3-,4-,5-,8+,9?/m0/s1. The van der Waals surface area contributed by atoms with E-state index in [4.69, 9.17) is 26.0 Å². The molecule has 2 aromatic rings. The molecule has 1 saturated heterocycles. The number of nitrogen functional groups attached to an aromatic ring is 2. The van der Waals surface area contributed by atoms with E-state index < -0.39 is 38.7 Å². The van der Waals surface area contributed by atoms with Crippen LogP contribution >= 0.6 is 7.82 Å². The number of aliphatic hydroxyl groups excluding tert-OH is 3. The van der Waals surface area contributed by atoms with Crippen molar-refractivity contribution in [1.82, 2.24) is 19.5 Å². The van der Waals surface area contributed by atoms with E-state index in [1.54, 1.807) is 0 Å². The van der Waals surface area contributed by atoms with Crippen molar-refractivity contribution in [3.05, 3.63) is 6.33 Å². The van der Waals surface area contributed by atoms with Crippen LogP contribution in [-0.2, 0) is 13.8 Å². The highest BCUT2D eigenvalue weighted by molar-refractivity contribution is 7.46. The van der Waals surface area contributed by atoms with Gasteiger partial charge in [0.15, 0.2) is 24.0 Å². The third-order valence-corrected chi connectivity index (χ3v) is 4.03. The first-order chi connectivity index (χ1) is 11.6. The summed E-state index contributed by atoms with van der Waals surface area (Å²) in [6.07, 6.45) is -7.30. The van der Waals surface area contributed by atoms with Gasteiger partial charge in [-0.3, -0.25) is 9.09 Å². The van der Waals surface area contributed by atoms with Crippen molar-refractivity contribution < 1.29 is 38.9 Å². The highest BCUT2D eigenvalue weighted by atomic mass is 31.2. The SMILES string of the molecule is Nc1nc(N)c2ncn([C@@H]3O[C@H](C(O)OP(=O)(O)O)[C@@H](O)[C@@H]3O)c2n1. The van der Waals surface area contributed by atoms with Crippen molar-refractivity contribution in [1.29, 1.82) is 0 Å². The minimum atomic E-state index is -5.05. The lowest BCUT2D eigenvalue weighted by Crippen LogP contribution is -2.39. The Kier molecular flexibility index (Phi) is 4.38. The zero-order valence-corrected chi connectivity index (χ0v) is 13.2. The van der Waals surface area contributed by atoms with Crippen molar-refractivity contribution in [3.63, 3.8) is 0 Å². The number of hydrogen-bond acceptors (Lipinski definition) is 11. The molecule has 1 aliphatic rings. The van der Waals surface area contributed by atoms with E-state index in [0.717, 1.165) is 0 Å². The number of ether oxygens (including phenoxy) is 1. The number of hydrogen-bond donors (Lipinski definition) is 7. The Morgan fingerprint density at radius 1 is 1.28 bits per heavy atom. The Labute approximate surface area is 138 Å². The number of phosphoric acid groups is 1. The molecule has 1 unspecified atom stereocenters. The van der Waals surface area contributed by atoms with Crippen LogP contribution in [0.4, 0.5) is 11.8 Å². The molecule has 0 spiro atoms. The fraction of sp³-hybridized carbons (Fsp3) is 0.500. The van der Waals surface area contributed by atoms with Crippen LogP contribution < -0.4 is 11.5 Å². The van der Waals surface area contributed by atoms with Crippen LogP contribution in [-0.4, -0.2) is 69.2 Å². The second kappa shape index (κ2) is 6.12. The minimum absolute atomic E-state index is 0.0179. The van der Waals surface area contributed by atoms with Crippen molar-refractivity contribution in [2.45, 2.75) is 30.8 Å². The van der Waals surface area contributed by atoms with Crippen LogP contribution in [0.2, 0.25) is 0 Å². The van der Waals surface area contributed by atoms with E-state index in [-0.39, 0.29) is 22.9 Å². The van der Waals surface area contributed by atoms with Crippen LogP contribution in [0.25, 0.3) is 11.2 Å². The maximum absolute atomic E-state index is 10.8. The lowest BCUT2D eigenvalue weighted by Gasteiger charge is -2.21. The number of aliphatic hydroxyl groups is 3. The summed E-state index contributed by atoms with van der Waals surface area (Å²) in [4.78, 5) is 29.1. The first-order valence-corrected chi connectivity index (χ1v) is 8.30. The molecule has 1 fully saturated rings. The zero-order chi connectivity index (χ0) is 18.5. The fourth-order valence-corrected chi connectivity index (χ4v) is 2.90. The third-order valence-electron chi connectivity index (χ3n) is 3.54. The smallest absolute Gasteiger partial charge is 0.387 e. The van der Waals surface area contributed by atoms with Crippen LogP contribution in [0.5, 0.6) is 0 Å². The predicted molar refractivity (Wildman–Crippen MR) is 79.2 cm³/mol. The molecular formula is C10H15N6O8P. The van der Waals surface area contributed by atoms with Gasteiger partial charge in [-0.25, -0.2) is 9.55 Å². The van der Waals surface area contributed by atoms with Gasteiger partial charge in [-0.2, -0.15) is 9.97 Å². The molecule has 0 aliphatic carbocycles. The summed E-state index contributed by atoms with van der Waals surface area (Å²) in [5.41, 5.74) is 11.4. The van der Waals surface area contributed by atoms with E-state index in [1.165, 1.54) is 10.9 Å². The van der Waals surface area contributed by atoms with Gasteiger partial charge in [-0.15, -0.1) is 0 Å². The average Bonchev–Trinajstić information content (AvgIpc) is 3.00. The van der Waals surface area contributed by atoms with Crippen molar-refractivity contribution in [2.24, 2.45) is 0 Å². The van der Waals surface area contributed by atoms with Crippen LogP contribution in [0.1, 0.15) is 6.23 Å². The van der Waals surface area contributed by atoms with Gasteiger partial charge in [0, 0.05) is 0 Å². The van der Waals surface area contributed by atoms with Gasteiger partial charge in [0.2, 0.25) is 5.95 Å². The molecule has 0 bridgehead atoms. The molecule has 15 heteroatoms. The van der Waals surface area contributed by atoms with Crippen molar-refractivity contribution in [3.8, 4) is 0 Å². The Hall–Kier alpha value is -1.90. The van der Waals surface area contributed by atoms with Gasteiger partial charge in [0.05, 0.1) is 6.33 Å². The molecule has 0 aromatic carbocycles. The molecule has 1 aliphatic heterocycles. The van der Waals surface area contributed by atoms with Gasteiger partial charge >= 0.3 is 7.82 Å². The van der Waals surface area contributed by atoms with Gasteiger partial charge in [0.25, 0.3) is 0 Å². The lowest BCUT2D eigenvalue weighted by atomic mass is 10.1. The van der Waals surface area contributed by atoms with Crippen molar-refractivity contribution in [2.75, 3.05) is 11.5 Å². The first kappa shape index (κ1) is 17.9. The number of fused-ring (bicyclic) bond motifs is 1. The number of anilines is 2. The van der Waals surface area contributed by atoms with Crippen LogP contribution in [0, 0.1) is 0 Å². The maximum Gasteiger partial charge on any atom is 0.472 e. The topological polar surface area (TPSA) is 232 Å². The Morgan fingerprint density at radius 3 is 2.60 bits per heavy atom. The summed E-state index contributed by atoms with van der Waals surface area (Å²) in [6.45, 7) is 0. The maximum atomic E-state index is 10.8. The van der Waals surface area contributed by atoms with E-state index in [2.05, 4.69) is 19.5 Å². The molecule has 14 nitrogen and oxygen atoms in total. The molecule has 2 aromatic heterocycles. The molecule has 5 atom stereocenters. The van der Waals surface area contributed by atoms with Gasteiger partial charge in [-0.1, -0.05) is 0 Å². The largest absolute Gasteiger partial charge is 0.472 e. The van der Waals surface area contributed by atoms with Crippen LogP contribution in [0.3, 0.4) is 0 Å². The predicted octanol–water partition coefficient (Wildman–Crippen LogP) is -2.96. The summed E-state index contributed by atoms with van der Waals surface area (Å²) < 4.78 is 21.3. The zero-order valence-electron chi connectivity index (χ0n) is 12.3. The Bertz CT molecular complexity index is 840. The molecule has 3 rings (SSSR count). The Morgan fingerprint density at radius 2 is 1.96 bits per heavy atom. The molecule has 0 saturated carbocycles. The molecule has 25 heavy (non-hydrogen) atoms. The quantitative estimate of drug-likeness (QED) is 0.208. The highest BCUT2D eigenvalue weighted by Gasteiger charge is 2.49. The Balaban J connectivity index is 1.93. The van der Waals surface area contributed by atoms with Gasteiger partial charge in [0.1, 0.15) is 23.8 Å². The molecular weight excluding hydrogens is 363 g/mol. The van der Waals surface area contributed by atoms with Gasteiger partial charge < -0.3 is 41.3 Å². The molecule has 9 N–H and O–H groups in total. The summed E-state index contributed by atoms with van der Waals surface area (Å²) in [5, 5.41) is 29.8. The first-order valence-electron chi connectivity index (χ1n) is 6.77. The number of rotatable bonds is 4. The second-order valence-electron chi connectivity index (χ2n) is 5.25. The summed E-state index contributed by atoms with van der Waals surface area (Å²) in [5.74, 6) is -0.183. The third kappa shape index (κ3) is 3.29. The minimum Gasteiger partial charge on any atom is -0.387 e. The fourth-order valence-electron chi connectivity index (χ4n) is 2.49. The summed E-state index contributed by atoms with van der Waals surface area (Å²) in [7, 11) is -5.05. The summed E-state index contributed by atoms with van der Waals surface area (Å²) >= 11 is 0. The second-order valence-corrected chi connectivity index (χ2v) is 6.44.